The van der Waals surface area contributed by atoms with Crippen molar-refractivity contribution in [3.8, 4) is 0 Å². The molecular weight excluding hydrogens is 202 g/mol. The number of carbonyl (C=O) groups is 1. The number of amides is 1. The van der Waals surface area contributed by atoms with E-state index < -0.39 is 0 Å². The van der Waals surface area contributed by atoms with Crippen molar-refractivity contribution in [3.63, 3.8) is 0 Å². The molecule has 1 fully saturated rings. The van der Waals surface area contributed by atoms with E-state index in [2.05, 4.69) is 17.1 Å². The average molecular weight is 227 g/mol. The molecular formula is C12H25N3O. The lowest BCUT2D eigenvalue weighted by Crippen LogP contribution is -2.44. The Kier molecular flexibility index (Phi) is 5.77. The topological polar surface area (TPSA) is 58.4 Å². The van der Waals surface area contributed by atoms with Crippen molar-refractivity contribution in [1.29, 1.82) is 0 Å². The van der Waals surface area contributed by atoms with Crippen LogP contribution in [0.1, 0.15) is 33.1 Å². The smallest absolute Gasteiger partial charge is 0.237 e. The molecule has 0 aliphatic carbocycles. The maximum atomic E-state index is 11.8. The summed E-state index contributed by atoms with van der Waals surface area (Å²) in [5.41, 5.74) is 5.56. The Morgan fingerprint density at radius 3 is 3.00 bits per heavy atom. The second-order valence-corrected chi connectivity index (χ2v) is 4.69. The van der Waals surface area contributed by atoms with E-state index in [9.17, 15) is 4.79 Å². The summed E-state index contributed by atoms with van der Waals surface area (Å²) in [5, 5.41) is 2.95. The van der Waals surface area contributed by atoms with Gasteiger partial charge in [-0.05, 0) is 45.2 Å². The number of hydrogen-bond donors (Lipinski definition) is 2. The summed E-state index contributed by atoms with van der Waals surface area (Å²) in [6, 6.07) is 0.00863. The highest BCUT2D eigenvalue weighted by molar-refractivity contribution is 5.81. The van der Waals surface area contributed by atoms with E-state index in [1.165, 1.54) is 6.42 Å². The van der Waals surface area contributed by atoms with E-state index in [0.29, 0.717) is 5.92 Å². The molecule has 3 N–H and O–H groups in total. The van der Waals surface area contributed by atoms with Gasteiger partial charge in [-0.1, -0.05) is 6.92 Å². The van der Waals surface area contributed by atoms with Crippen molar-refractivity contribution >= 4 is 5.91 Å². The van der Waals surface area contributed by atoms with Crippen molar-refractivity contribution < 1.29 is 4.79 Å². The molecule has 1 aliphatic heterocycles. The SMILES string of the molecule is CCCNC(=O)C(C)N1CCC(CCN)C1. The largest absolute Gasteiger partial charge is 0.355 e. The second kappa shape index (κ2) is 6.86. The maximum absolute atomic E-state index is 11.8. The van der Waals surface area contributed by atoms with E-state index in [1.54, 1.807) is 0 Å². The fraction of sp³-hybridized carbons (Fsp3) is 0.917. The quantitative estimate of drug-likeness (QED) is 0.697. The zero-order valence-corrected chi connectivity index (χ0v) is 10.5. The predicted octanol–water partition coefficient (Wildman–Crippen LogP) is 0.572. The molecule has 0 bridgehead atoms. The van der Waals surface area contributed by atoms with Gasteiger partial charge in [0.05, 0.1) is 6.04 Å². The van der Waals surface area contributed by atoms with Gasteiger partial charge in [0, 0.05) is 13.1 Å². The zero-order valence-electron chi connectivity index (χ0n) is 10.5. The van der Waals surface area contributed by atoms with Crippen molar-refractivity contribution in [2.45, 2.75) is 39.2 Å². The molecule has 1 aliphatic rings. The van der Waals surface area contributed by atoms with Gasteiger partial charge >= 0.3 is 0 Å². The van der Waals surface area contributed by atoms with E-state index in [1.807, 2.05) is 6.92 Å². The molecule has 2 atom stereocenters. The fourth-order valence-corrected chi connectivity index (χ4v) is 2.25. The molecule has 4 nitrogen and oxygen atoms in total. The van der Waals surface area contributed by atoms with Crippen LogP contribution in [0.3, 0.4) is 0 Å². The fourth-order valence-electron chi connectivity index (χ4n) is 2.25. The van der Waals surface area contributed by atoms with Crippen LogP contribution in [0.4, 0.5) is 0 Å². The van der Waals surface area contributed by atoms with E-state index in [0.717, 1.165) is 39.0 Å². The van der Waals surface area contributed by atoms with Crippen LogP contribution in [-0.2, 0) is 4.79 Å². The van der Waals surface area contributed by atoms with E-state index >= 15 is 0 Å². The molecule has 94 valence electrons. The third-order valence-electron chi connectivity index (χ3n) is 3.37. The molecule has 1 amide bonds. The highest BCUT2D eigenvalue weighted by Crippen LogP contribution is 2.20. The van der Waals surface area contributed by atoms with Crippen molar-refractivity contribution in [1.82, 2.24) is 10.2 Å². The second-order valence-electron chi connectivity index (χ2n) is 4.69. The first kappa shape index (κ1) is 13.5. The Bertz CT molecular complexity index is 220. The third kappa shape index (κ3) is 3.76. The van der Waals surface area contributed by atoms with Gasteiger partial charge in [-0.2, -0.15) is 0 Å². The first-order valence-electron chi connectivity index (χ1n) is 6.40. The number of likely N-dealkylation sites (tertiary alicyclic amines) is 1. The lowest BCUT2D eigenvalue weighted by molar-refractivity contribution is -0.125. The van der Waals surface area contributed by atoms with Gasteiger partial charge in [-0.3, -0.25) is 9.69 Å². The van der Waals surface area contributed by atoms with Crippen LogP contribution in [0, 0.1) is 5.92 Å². The summed E-state index contributed by atoms with van der Waals surface area (Å²) < 4.78 is 0. The lowest BCUT2D eigenvalue weighted by atomic mass is 10.1. The number of carbonyl (C=O) groups excluding carboxylic acids is 1. The van der Waals surface area contributed by atoms with Crippen molar-refractivity contribution in [2.75, 3.05) is 26.2 Å². The molecule has 4 heteroatoms. The van der Waals surface area contributed by atoms with Crippen LogP contribution in [0.25, 0.3) is 0 Å². The van der Waals surface area contributed by atoms with Crippen LogP contribution in [0.5, 0.6) is 0 Å². The van der Waals surface area contributed by atoms with Gasteiger partial charge in [0.15, 0.2) is 0 Å². The summed E-state index contributed by atoms with van der Waals surface area (Å²) in [5.74, 6) is 0.849. The standard InChI is InChI=1S/C12H25N3O/c1-3-7-14-12(16)10(2)15-8-5-11(9-15)4-6-13/h10-11H,3-9,13H2,1-2H3,(H,14,16). The molecule has 1 saturated heterocycles. The summed E-state index contributed by atoms with van der Waals surface area (Å²) in [7, 11) is 0. The van der Waals surface area contributed by atoms with Gasteiger partial charge in [-0.25, -0.2) is 0 Å². The predicted molar refractivity (Wildman–Crippen MR) is 66.1 cm³/mol. The number of nitrogens with two attached hydrogens (primary N) is 1. The van der Waals surface area contributed by atoms with Crippen molar-refractivity contribution in [2.24, 2.45) is 11.7 Å². The molecule has 2 unspecified atom stereocenters. The molecule has 0 aromatic carbocycles. The van der Waals surface area contributed by atoms with Gasteiger partial charge in [0.1, 0.15) is 0 Å². The highest BCUT2D eigenvalue weighted by atomic mass is 16.2. The van der Waals surface area contributed by atoms with Crippen LogP contribution < -0.4 is 11.1 Å². The Morgan fingerprint density at radius 2 is 2.38 bits per heavy atom. The minimum atomic E-state index is 0.00863. The summed E-state index contributed by atoms with van der Waals surface area (Å²) in [6.07, 6.45) is 3.26. The number of rotatable bonds is 6. The number of nitrogens with zero attached hydrogens (tertiary/aromatic N) is 1. The molecule has 16 heavy (non-hydrogen) atoms. The van der Waals surface area contributed by atoms with E-state index in [4.69, 9.17) is 5.73 Å². The van der Waals surface area contributed by atoms with Crippen LogP contribution in [0.2, 0.25) is 0 Å². The van der Waals surface area contributed by atoms with E-state index in [-0.39, 0.29) is 11.9 Å². The average Bonchev–Trinajstić information content (AvgIpc) is 2.74. The monoisotopic (exact) mass is 227 g/mol. The van der Waals surface area contributed by atoms with Gasteiger partial charge in [0.2, 0.25) is 5.91 Å². The van der Waals surface area contributed by atoms with Gasteiger partial charge in [0.25, 0.3) is 0 Å². The summed E-state index contributed by atoms with van der Waals surface area (Å²) >= 11 is 0. The first-order valence-corrected chi connectivity index (χ1v) is 6.40. The minimum Gasteiger partial charge on any atom is -0.355 e. The molecule has 1 rings (SSSR count). The Hall–Kier alpha value is -0.610. The lowest BCUT2D eigenvalue weighted by Gasteiger charge is -2.23. The van der Waals surface area contributed by atoms with Gasteiger partial charge < -0.3 is 11.1 Å². The van der Waals surface area contributed by atoms with Crippen LogP contribution >= 0.6 is 0 Å². The molecule has 0 saturated carbocycles. The molecule has 1 heterocycles. The maximum Gasteiger partial charge on any atom is 0.237 e. The number of hydrogen-bond acceptors (Lipinski definition) is 3. The number of nitrogens with one attached hydrogen (secondary N) is 1. The minimum absolute atomic E-state index is 0.00863. The van der Waals surface area contributed by atoms with Crippen molar-refractivity contribution in [3.05, 3.63) is 0 Å². The van der Waals surface area contributed by atoms with Gasteiger partial charge in [-0.15, -0.1) is 0 Å². The van der Waals surface area contributed by atoms with Crippen LogP contribution in [0.15, 0.2) is 0 Å². The molecule has 0 aromatic rings. The normalized spacial score (nSPS) is 23.3. The Labute approximate surface area is 98.6 Å². The summed E-state index contributed by atoms with van der Waals surface area (Å²) in [6.45, 7) is 7.66. The molecule has 0 radical (unpaired) electrons. The zero-order chi connectivity index (χ0) is 12.0. The third-order valence-corrected chi connectivity index (χ3v) is 3.37. The molecule has 0 aromatic heterocycles. The molecule has 0 spiro atoms. The van der Waals surface area contributed by atoms with Crippen LogP contribution in [-0.4, -0.2) is 43.0 Å². The Balaban J connectivity index is 2.32. The highest BCUT2D eigenvalue weighted by Gasteiger charge is 2.28. The summed E-state index contributed by atoms with van der Waals surface area (Å²) in [4.78, 5) is 14.0. The first-order chi connectivity index (χ1) is 7.69. The Morgan fingerprint density at radius 1 is 1.62 bits per heavy atom.